The molecule has 1 heterocycles. The lowest BCUT2D eigenvalue weighted by atomic mass is 10.1. The van der Waals surface area contributed by atoms with Crippen molar-refractivity contribution in [2.45, 2.75) is 12.6 Å². The van der Waals surface area contributed by atoms with Gasteiger partial charge < -0.3 is 4.74 Å². The minimum atomic E-state index is -4.33. The lowest BCUT2D eigenvalue weighted by Gasteiger charge is -2.06. The molecule has 0 amide bonds. The fourth-order valence-corrected chi connectivity index (χ4v) is 3.23. The molecule has 0 aliphatic rings. The molecular formula is C19H14F3NO2S. The molecule has 0 aliphatic heterocycles. The molecule has 1 aromatic heterocycles. The van der Waals surface area contributed by atoms with Crippen LogP contribution in [0.15, 0.2) is 53.9 Å². The van der Waals surface area contributed by atoms with E-state index >= 15 is 0 Å². The Labute approximate surface area is 152 Å². The number of nitrogens with zero attached hydrogens (tertiary/aromatic N) is 1. The van der Waals surface area contributed by atoms with E-state index in [0.29, 0.717) is 12.0 Å². The van der Waals surface area contributed by atoms with Crippen LogP contribution in [0.1, 0.15) is 27.2 Å². The summed E-state index contributed by atoms with van der Waals surface area (Å²) in [5.41, 5.74) is 2.20. The van der Waals surface area contributed by atoms with E-state index in [1.54, 1.807) is 24.3 Å². The first-order chi connectivity index (χ1) is 12.4. The fourth-order valence-electron chi connectivity index (χ4n) is 2.41. The number of benzene rings is 2. The highest BCUT2D eigenvalue weighted by Crippen LogP contribution is 2.30. The van der Waals surface area contributed by atoms with Gasteiger partial charge in [0.05, 0.1) is 23.9 Å². The normalized spacial score (nSPS) is 11.4. The quantitative estimate of drug-likeness (QED) is 0.586. The summed E-state index contributed by atoms with van der Waals surface area (Å²) in [7, 11) is 1.32. The highest BCUT2D eigenvalue weighted by atomic mass is 32.1. The molecule has 0 radical (unpaired) electrons. The highest BCUT2D eigenvalue weighted by molar-refractivity contribution is 7.13. The maximum Gasteiger partial charge on any atom is 0.416 e. The van der Waals surface area contributed by atoms with Gasteiger partial charge in [0, 0.05) is 17.4 Å². The van der Waals surface area contributed by atoms with Gasteiger partial charge in [-0.05, 0) is 29.8 Å². The van der Waals surface area contributed by atoms with Crippen LogP contribution in [0.3, 0.4) is 0 Å². The van der Waals surface area contributed by atoms with Crippen molar-refractivity contribution >= 4 is 17.3 Å². The zero-order valence-corrected chi connectivity index (χ0v) is 14.5. The van der Waals surface area contributed by atoms with E-state index in [1.165, 1.54) is 30.6 Å². The number of methoxy groups -OCH3 is 1. The lowest BCUT2D eigenvalue weighted by molar-refractivity contribution is -0.137. The van der Waals surface area contributed by atoms with E-state index in [9.17, 15) is 18.0 Å². The maximum absolute atomic E-state index is 12.6. The number of hydrogen-bond acceptors (Lipinski definition) is 4. The molecule has 2 aromatic carbocycles. The van der Waals surface area contributed by atoms with Crippen LogP contribution in [0.4, 0.5) is 13.2 Å². The number of carbonyl (C=O) groups excluding carboxylic acids is 1. The predicted molar refractivity (Wildman–Crippen MR) is 93.1 cm³/mol. The third-order valence-electron chi connectivity index (χ3n) is 3.77. The Hall–Kier alpha value is -2.67. The summed E-state index contributed by atoms with van der Waals surface area (Å²) in [5.74, 6) is -0.404. The van der Waals surface area contributed by atoms with Gasteiger partial charge in [-0.2, -0.15) is 13.2 Å². The molecule has 0 saturated carbocycles. The summed E-state index contributed by atoms with van der Waals surface area (Å²) in [5, 5.41) is 2.66. The Bertz CT molecular complexity index is 900. The van der Waals surface area contributed by atoms with Gasteiger partial charge in [0.15, 0.2) is 0 Å². The molecule has 0 spiro atoms. The highest BCUT2D eigenvalue weighted by Gasteiger charge is 2.29. The number of halogens is 3. The van der Waals surface area contributed by atoms with Gasteiger partial charge in [-0.1, -0.05) is 24.3 Å². The molecule has 0 atom stereocenters. The first-order valence-electron chi connectivity index (χ1n) is 7.66. The van der Waals surface area contributed by atoms with Crippen LogP contribution in [0, 0.1) is 0 Å². The number of esters is 1. The number of thiazole rings is 1. The van der Waals surface area contributed by atoms with E-state index in [4.69, 9.17) is 0 Å². The summed E-state index contributed by atoms with van der Waals surface area (Å²) in [6, 6.07) is 12.0. The molecular weight excluding hydrogens is 363 g/mol. The second-order valence-electron chi connectivity index (χ2n) is 5.58. The fraction of sp³-hybridized carbons (Fsp3) is 0.158. The summed E-state index contributed by atoms with van der Waals surface area (Å²) >= 11 is 1.44. The Kier molecular flexibility index (Phi) is 5.08. The van der Waals surface area contributed by atoms with Crippen LogP contribution >= 0.6 is 11.3 Å². The molecule has 26 heavy (non-hydrogen) atoms. The van der Waals surface area contributed by atoms with Crippen molar-refractivity contribution in [1.82, 2.24) is 4.98 Å². The first kappa shape index (κ1) is 18.1. The van der Waals surface area contributed by atoms with Crippen LogP contribution in [-0.4, -0.2) is 18.1 Å². The van der Waals surface area contributed by atoms with Crippen LogP contribution in [-0.2, 0) is 17.3 Å². The zero-order valence-electron chi connectivity index (χ0n) is 13.7. The van der Waals surface area contributed by atoms with Gasteiger partial charge in [-0.3, -0.25) is 0 Å². The lowest BCUT2D eigenvalue weighted by Crippen LogP contribution is -2.04. The van der Waals surface area contributed by atoms with E-state index in [-0.39, 0.29) is 0 Å². The second kappa shape index (κ2) is 7.29. The maximum atomic E-state index is 12.6. The summed E-state index contributed by atoms with van der Waals surface area (Å²) in [6.07, 6.45) is -3.88. The third-order valence-corrected chi connectivity index (χ3v) is 4.71. The average Bonchev–Trinajstić information content (AvgIpc) is 3.09. The van der Waals surface area contributed by atoms with Crippen LogP contribution < -0.4 is 0 Å². The van der Waals surface area contributed by atoms with Crippen LogP contribution in [0.5, 0.6) is 0 Å². The summed E-state index contributed by atoms with van der Waals surface area (Å²) in [6.45, 7) is 0. The van der Waals surface area contributed by atoms with E-state index in [1.807, 2.05) is 5.38 Å². The number of hydrogen-bond donors (Lipinski definition) is 0. The molecule has 0 bridgehead atoms. The number of ether oxygens (including phenoxy) is 1. The molecule has 0 unspecified atom stereocenters. The van der Waals surface area contributed by atoms with Crippen molar-refractivity contribution in [1.29, 1.82) is 0 Å². The van der Waals surface area contributed by atoms with Gasteiger partial charge in [0.25, 0.3) is 0 Å². The van der Waals surface area contributed by atoms with Crippen LogP contribution in [0.2, 0.25) is 0 Å². The molecule has 134 valence electrons. The monoisotopic (exact) mass is 377 g/mol. The van der Waals surface area contributed by atoms with Gasteiger partial charge in [-0.15, -0.1) is 11.3 Å². The minimum absolute atomic E-state index is 0.404. The largest absolute Gasteiger partial charge is 0.465 e. The Morgan fingerprint density at radius 2 is 1.73 bits per heavy atom. The Morgan fingerprint density at radius 3 is 2.31 bits per heavy atom. The number of rotatable bonds is 4. The topological polar surface area (TPSA) is 39.2 Å². The van der Waals surface area contributed by atoms with E-state index < -0.39 is 17.7 Å². The molecule has 0 N–H and O–H groups in total. The number of aromatic nitrogens is 1. The van der Waals surface area contributed by atoms with Crippen molar-refractivity contribution in [3.05, 3.63) is 76.3 Å². The Morgan fingerprint density at radius 1 is 1.08 bits per heavy atom. The van der Waals surface area contributed by atoms with Gasteiger partial charge in [-0.25, -0.2) is 9.78 Å². The molecule has 0 aliphatic carbocycles. The van der Waals surface area contributed by atoms with Crippen molar-refractivity contribution < 1.29 is 22.7 Å². The minimum Gasteiger partial charge on any atom is -0.465 e. The van der Waals surface area contributed by atoms with E-state index in [2.05, 4.69) is 9.72 Å². The van der Waals surface area contributed by atoms with Crippen molar-refractivity contribution in [3.63, 3.8) is 0 Å². The molecule has 3 aromatic rings. The van der Waals surface area contributed by atoms with Gasteiger partial charge in [0.2, 0.25) is 0 Å². The first-order valence-corrected chi connectivity index (χ1v) is 8.54. The standard InChI is InChI=1S/C19H14F3NO2S/c1-25-18(24)14-6-4-13(5-7-14)17-23-16(11-26-17)10-12-2-8-15(9-3-12)19(20,21)22/h2-9,11H,10H2,1H3. The second-order valence-corrected chi connectivity index (χ2v) is 6.44. The van der Waals surface area contributed by atoms with Gasteiger partial charge >= 0.3 is 12.1 Å². The summed E-state index contributed by atoms with van der Waals surface area (Å²) < 4.78 is 42.5. The SMILES string of the molecule is COC(=O)c1ccc(-c2nc(Cc3ccc(C(F)(F)F)cc3)cs2)cc1. The molecule has 3 nitrogen and oxygen atoms in total. The third kappa shape index (κ3) is 4.11. The molecule has 0 saturated heterocycles. The zero-order chi connectivity index (χ0) is 18.7. The Balaban J connectivity index is 1.73. The van der Waals surface area contributed by atoms with E-state index in [0.717, 1.165) is 34.0 Å². The molecule has 0 fully saturated rings. The van der Waals surface area contributed by atoms with Crippen molar-refractivity contribution in [2.24, 2.45) is 0 Å². The molecule has 3 rings (SSSR count). The van der Waals surface area contributed by atoms with Crippen molar-refractivity contribution in [2.75, 3.05) is 7.11 Å². The number of alkyl halides is 3. The average molecular weight is 377 g/mol. The van der Waals surface area contributed by atoms with Gasteiger partial charge in [0.1, 0.15) is 5.01 Å². The van der Waals surface area contributed by atoms with Crippen LogP contribution in [0.25, 0.3) is 10.6 Å². The number of carbonyl (C=O) groups is 1. The summed E-state index contributed by atoms with van der Waals surface area (Å²) in [4.78, 5) is 16.0. The smallest absolute Gasteiger partial charge is 0.416 e. The van der Waals surface area contributed by atoms with Crippen molar-refractivity contribution in [3.8, 4) is 10.6 Å². The predicted octanol–water partition coefficient (Wildman–Crippen LogP) is 5.21. The molecule has 7 heteroatoms.